The lowest BCUT2D eigenvalue weighted by molar-refractivity contribution is -0.150. The molecule has 0 aliphatic rings. The number of amides is 1. The number of hydrogen-bond donors (Lipinski definition) is 3. The maximum absolute atomic E-state index is 12.9. The van der Waals surface area contributed by atoms with E-state index in [0.29, 0.717) is 32.2 Å². The molecule has 7 nitrogen and oxygen atoms in total. The van der Waals surface area contributed by atoms with E-state index in [1.807, 2.05) is 0 Å². The summed E-state index contributed by atoms with van der Waals surface area (Å²) in [5.41, 5.74) is 5.51. The Morgan fingerprint density at radius 2 is 0.766 bits per heavy atom. The van der Waals surface area contributed by atoms with Gasteiger partial charge in [0, 0.05) is 12.8 Å². The molecule has 7 heteroatoms. The van der Waals surface area contributed by atoms with Gasteiger partial charge < -0.3 is 20.9 Å². The molecule has 2 unspecified atom stereocenters. The Balaban J connectivity index is 4.18. The van der Waals surface area contributed by atoms with Crippen molar-refractivity contribution in [3.63, 3.8) is 0 Å². The van der Waals surface area contributed by atoms with Crippen LogP contribution in [0.15, 0.2) is 12.2 Å². The Hall–Kier alpha value is -1.89. The number of nitrogens with two attached hydrogens (primary N) is 1. The summed E-state index contributed by atoms with van der Waals surface area (Å²) in [7, 11) is 0. The van der Waals surface area contributed by atoms with Gasteiger partial charge in [-0.05, 0) is 83.6 Å². The van der Waals surface area contributed by atoms with Gasteiger partial charge >= 0.3 is 11.9 Å². The topological polar surface area (TPSA) is 119 Å². The summed E-state index contributed by atoms with van der Waals surface area (Å²) in [4.78, 5) is 36.6. The smallest absolute Gasteiger partial charge is 0.326 e. The molecule has 0 saturated carbocycles. The highest BCUT2D eigenvalue weighted by Gasteiger charge is 2.19. The monoisotopic (exact) mass is 903 g/mol. The lowest BCUT2D eigenvalue weighted by Gasteiger charge is -2.18. The molecule has 0 bridgehead atoms. The van der Waals surface area contributed by atoms with Gasteiger partial charge in [-0.3, -0.25) is 9.59 Å². The van der Waals surface area contributed by atoms with Crippen LogP contribution in [0.2, 0.25) is 0 Å². The molecule has 0 rings (SSSR count). The Morgan fingerprint density at radius 3 is 1.14 bits per heavy atom. The first kappa shape index (κ1) is 62.1. The molecule has 0 saturated heterocycles. The summed E-state index contributed by atoms with van der Waals surface area (Å²) in [5.74, 6) is -1.22. The van der Waals surface area contributed by atoms with Crippen molar-refractivity contribution in [2.75, 3.05) is 6.54 Å². The number of nitrogens with one attached hydrogen (secondary N) is 1. The van der Waals surface area contributed by atoms with Crippen molar-refractivity contribution < 1.29 is 24.2 Å². The molecule has 378 valence electrons. The molecule has 0 aliphatic heterocycles. The fourth-order valence-electron chi connectivity index (χ4n) is 9.04. The minimum absolute atomic E-state index is 0.00167. The molecule has 0 fully saturated rings. The summed E-state index contributed by atoms with van der Waals surface area (Å²) in [6, 6.07) is -0.857. The maximum atomic E-state index is 12.9. The summed E-state index contributed by atoms with van der Waals surface area (Å²) in [6.45, 7) is 4.99. The summed E-state index contributed by atoms with van der Waals surface area (Å²) >= 11 is 0. The Bertz CT molecular complexity index is 1020. The highest BCUT2D eigenvalue weighted by molar-refractivity contribution is 5.83. The van der Waals surface area contributed by atoms with E-state index < -0.39 is 12.0 Å². The van der Waals surface area contributed by atoms with Gasteiger partial charge in [0.05, 0.1) is 0 Å². The van der Waals surface area contributed by atoms with Crippen LogP contribution in [0.4, 0.5) is 0 Å². The second-order valence-electron chi connectivity index (χ2n) is 19.7. The quantitative estimate of drug-likeness (QED) is 0.0318. The number of esters is 1. The predicted molar refractivity (Wildman–Crippen MR) is 276 cm³/mol. The lowest BCUT2D eigenvalue weighted by Crippen LogP contribution is -2.40. The van der Waals surface area contributed by atoms with Crippen LogP contribution in [0.5, 0.6) is 0 Å². The molecule has 4 N–H and O–H groups in total. The Labute approximate surface area is 398 Å². The van der Waals surface area contributed by atoms with E-state index >= 15 is 0 Å². The third-order valence-electron chi connectivity index (χ3n) is 13.3. The van der Waals surface area contributed by atoms with Crippen LogP contribution in [-0.4, -0.2) is 41.6 Å². The number of unbranched alkanes of at least 4 members (excludes halogenated alkanes) is 37. The van der Waals surface area contributed by atoms with Gasteiger partial charge in [-0.15, -0.1) is 0 Å². The summed E-state index contributed by atoms with van der Waals surface area (Å²) in [5, 5.41) is 12.0. The largest absolute Gasteiger partial charge is 0.480 e. The van der Waals surface area contributed by atoms with Gasteiger partial charge in [0.25, 0.3) is 0 Å². The van der Waals surface area contributed by atoms with E-state index in [1.165, 1.54) is 205 Å². The van der Waals surface area contributed by atoms with Gasteiger partial charge in [0.2, 0.25) is 5.91 Å². The van der Waals surface area contributed by atoms with Crippen molar-refractivity contribution in [2.24, 2.45) is 5.73 Å². The SMILES string of the molecule is CCCCCCCCCC/C=C\CCCCCC(CCCCCCCC(=O)NC(CCCN)C(=O)O)OC(=O)CCCCCCCCCCCCCCCCCCCCCCCCC. The van der Waals surface area contributed by atoms with Crippen LogP contribution >= 0.6 is 0 Å². The van der Waals surface area contributed by atoms with Crippen LogP contribution in [0.1, 0.15) is 316 Å². The molecule has 64 heavy (non-hydrogen) atoms. The number of carbonyl (C=O) groups is 3. The van der Waals surface area contributed by atoms with Crippen molar-refractivity contribution in [3.8, 4) is 0 Å². The van der Waals surface area contributed by atoms with Crippen molar-refractivity contribution in [3.05, 3.63) is 12.2 Å². The third kappa shape index (κ3) is 48.1. The molecule has 0 aromatic rings. The molecular formula is C57H110N2O5. The van der Waals surface area contributed by atoms with Crippen molar-refractivity contribution in [2.45, 2.75) is 328 Å². The number of carboxylic acid groups (broad SMARTS) is 1. The van der Waals surface area contributed by atoms with Crippen molar-refractivity contribution in [1.82, 2.24) is 5.32 Å². The first-order chi connectivity index (χ1) is 31.4. The Kier molecular flexibility index (Phi) is 50.5. The fourth-order valence-corrected chi connectivity index (χ4v) is 9.04. The normalized spacial score (nSPS) is 12.5. The van der Waals surface area contributed by atoms with E-state index in [9.17, 15) is 19.5 Å². The van der Waals surface area contributed by atoms with E-state index in [1.54, 1.807) is 0 Å². The molecule has 0 aliphatic carbocycles. The number of allylic oxidation sites excluding steroid dienone is 2. The zero-order valence-corrected chi connectivity index (χ0v) is 42.9. The summed E-state index contributed by atoms with van der Waals surface area (Å²) in [6.07, 6.45) is 61.5. The first-order valence-electron chi connectivity index (χ1n) is 28.5. The van der Waals surface area contributed by atoms with Gasteiger partial charge in [0.1, 0.15) is 12.1 Å². The van der Waals surface area contributed by atoms with Gasteiger partial charge in [-0.1, -0.05) is 238 Å². The predicted octanol–water partition coefficient (Wildman–Crippen LogP) is 17.4. The van der Waals surface area contributed by atoms with Gasteiger partial charge in [0.15, 0.2) is 0 Å². The number of aliphatic carboxylic acids is 1. The molecule has 2 atom stereocenters. The van der Waals surface area contributed by atoms with Gasteiger partial charge in [-0.2, -0.15) is 0 Å². The number of rotatable bonds is 53. The second kappa shape index (κ2) is 52.1. The molecule has 0 aromatic heterocycles. The summed E-state index contributed by atoms with van der Waals surface area (Å²) < 4.78 is 6.10. The van der Waals surface area contributed by atoms with Crippen LogP contribution in [-0.2, 0) is 19.1 Å². The van der Waals surface area contributed by atoms with E-state index in [4.69, 9.17) is 10.5 Å². The third-order valence-corrected chi connectivity index (χ3v) is 13.3. The standard InChI is InChI=1S/C57H110N2O5/c1-3-5-7-9-11-13-15-17-19-20-21-22-23-24-25-26-28-30-32-34-36-41-45-51-56(61)64-53(47-42-38-35-33-31-29-27-18-16-14-12-10-8-6-4-2)48-43-39-37-40-44-50-55(60)59-54(57(62)63)49-46-52-58/h29,31,53-54H,3-28,30,32-52,58H2,1-2H3,(H,59,60)(H,62,63)/b31-29-. The number of ether oxygens (including phenoxy) is 1. The molecule has 0 radical (unpaired) electrons. The molecule has 1 amide bonds. The number of hydrogen-bond acceptors (Lipinski definition) is 5. The molecular weight excluding hydrogens is 793 g/mol. The van der Waals surface area contributed by atoms with Crippen molar-refractivity contribution >= 4 is 17.8 Å². The average Bonchev–Trinajstić information content (AvgIpc) is 3.28. The molecule has 0 aromatic carbocycles. The highest BCUT2D eigenvalue weighted by atomic mass is 16.5. The van der Waals surface area contributed by atoms with E-state index in [-0.39, 0.29) is 18.0 Å². The fraction of sp³-hybridized carbons (Fsp3) is 0.912. The van der Waals surface area contributed by atoms with Crippen LogP contribution in [0, 0.1) is 0 Å². The maximum Gasteiger partial charge on any atom is 0.326 e. The van der Waals surface area contributed by atoms with Gasteiger partial charge in [-0.25, -0.2) is 4.79 Å². The molecule has 0 spiro atoms. The highest BCUT2D eigenvalue weighted by Crippen LogP contribution is 2.20. The zero-order chi connectivity index (χ0) is 46.7. The second-order valence-corrected chi connectivity index (χ2v) is 19.7. The van der Waals surface area contributed by atoms with Crippen LogP contribution < -0.4 is 11.1 Å². The van der Waals surface area contributed by atoms with Crippen LogP contribution in [0.3, 0.4) is 0 Å². The van der Waals surface area contributed by atoms with E-state index in [0.717, 1.165) is 70.6 Å². The number of carbonyl (C=O) groups excluding carboxylic acids is 2. The average molecular weight is 904 g/mol. The Morgan fingerprint density at radius 1 is 0.438 bits per heavy atom. The lowest BCUT2D eigenvalue weighted by atomic mass is 10.0. The van der Waals surface area contributed by atoms with E-state index in [2.05, 4.69) is 31.3 Å². The molecule has 0 heterocycles. The minimum Gasteiger partial charge on any atom is -0.480 e. The number of carboxylic acids is 1. The van der Waals surface area contributed by atoms with Crippen molar-refractivity contribution in [1.29, 1.82) is 0 Å². The zero-order valence-electron chi connectivity index (χ0n) is 42.9. The minimum atomic E-state index is -1.00. The first-order valence-corrected chi connectivity index (χ1v) is 28.5. The van der Waals surface area contributed by atoms with Crippen LogP contribution in [0.25, 0.3) is 0 Å².